The molecule has 5 rings (SSSR count). The highest BCUT2D eigenvalue weighted by Gasteiger charge is 2.23. The zero-order valence-corrected chi connectivity index (χ0v) is 22.3. The lowest BCUT2D eigenvalue weighted by Gasteiger charge is -2.36. The normalized spacial score (nSPS) is 14.4. The lowest BCUT2D eigenvalue weighted by Crippen LogP contribution is -2.51. The van der Waals surface area contributed by atoms with Gasteiger partial charge < -0.3 is 35.5 Å². The van der Waals surface area contributed by atoms with Crippen molar-refractivity contribution in [2.24, 2.45) is 0 Å². The molecule has 5 N–H and O–H groups in total. The van der Waals surface area contributed by atoms with Crippen LogP contribution in [0.1, 0.15) is 18.1 Å². The van der Waals surface area contributed by atoms with Gasteiger partial charge in [0.05, 0.1) is 29.4 Å². The van der Waals surface area contributed by atoms with Gasteiger partial charge >= 0.3 is 6.03 Å². The quantitative estimate of drug-likeness (QED) is 0.239. The molecule has 2 amide bonds. The zero-order chi connectivity index (χ0) is 27.4. The van der Waals surface area contributed by atoms with Gasteiger partial charge in [0.2, 0.25) is 0 Å². The first-order chi connectivity index (χ1) is 19.0. The second-order valence-electron chi connectivity index (χ2n) is 9.86. The molecule has 10 heteroatoms. The number of aliphatic hydroxyl groups excluding tert-OH is 1. The molecule has 10 nitrogen and oxygen atoms in total. The van der Waals surface area contributed by atoms with Gasteiger partial charge in [0.15, 0.2) is 0 Å². The number of nitrogens with one attached hydrogen (secondary N) is 4. The minimum Gasteiger partial charge on any atom is -0.394 e. The monoisotopic (exact) mass is 529 g/mol. The molecule has 1 saturated heterocycles. The number of anilines is 2. The smallest absolute Gasteiger partial charge is 0.317 e. The van der Waals surface area contributed by atoms with Crippen LogP contribution in [0.5, 0.6) is 0 Å². The van der Waals surface area contributed by atoms with Crippen LogP contribution in [0, 0.1) is 6.92 Å². The third-order valence-corrected chi connectivity index (χ3v) is 7.12. The van der Waals surface area contributed by atoms with E-state index in [-0.39, 0.29) is 24.2 Å². The summed E-state index contributed by atoms with van der Waals surface area (Å²) in [6.45, 7) is 7.24. The average molecular weight is 530 g/mol. The Morgan fingerprint density at radius 1 is 1.13 bits per heavy atom. The number of carbonyl (C=O) groups is 1. The van der Waals surface area contributed by atoms with Crippen molar-refractivity contribution in [3.8, 4) is 11.4 Å². The Bertz CT molecular complexity index is 1490. The molecule has 0 saturated carbocycles. The summed E-state index contributed by atoms with van der Waals surface area (Å²) in [4.78, 5) is 40.2. The van der Waals surface area contributed by atoms with E-state index in [0.29, 0.717) is 43.1 Å². The third-order valence-electron chi connectivity index (χ3n) is 7.12. The van der Waals surface area contributed by atoms with Crippen LogP contribution in [0.3, 0.4) is 0 Å². The Hall–Kier alpha value is -4.31. The van der Waals surface area contributed by atoms with Crippen LogP contribution < -0.4 is 21.1 Å². The van der Waals surface area contributed by atoms with Crippen LogP contribution in [-0.4, -0.2) is 76.4 Å². The van der Waals surface area contributed by atoms with Gasteiger partial charge in [-0.3, -0.25) is 4.79 Å². The Labute approximate surface area is 227 Å². The SMILES string of the molecule is CCNC(=O)N1CCN(c2cc(C)c3nc(-c4c(N[C@H](CO)Cc5ccccc5)cc[nH]c4=O)[nH]c3c2)CC1. The van der Waals surface area contributed by atoms with E-state index in [1.807, 2.05) is 49.1 Å². The molecule has 1 fully saturated rings. The van der Waals surface area contributed by atoms with Crippen LogP contribution in [-0.2, 0) is 6.42 Å². The van der Waals surface area contributed by atoms with Crippen molar-refractivity contribution in [1.29, 1.82) is 0 Å². The number of piperazine rings is 1. The average Bonchev–Trinajstić information content (AvgIpc) is 3.38. The number of pyridine rings is 1. The van der Waals surface area contributed by atoms with Crippen molar-refractivity contribution in [1.82, 2.24) is 25.2 Å². The highest BCUT2D eigenvalue weighted by molar-refractivity contribution is 5.87. The number of rotatable bonds is 8. The lowest BCUT2D eigenvalue weighted by atomic mass is 10.1. The number of amides is 2. The van der Waals surface area contributed by atoms with E-state index in [1.165, 1.54) is 0 Å². The molecule has 4 aromatic rings. The number of imidazole rings is 1. The van der Waals surface area contributed by atoms with Crippen molar-refractivity contribution in [3.63, 3.8) is 0 Å². The van der Waals surface area contributed by atoms with E-state index in [2.05, 4.69) is 37.6 Å². The Kier molecular flexibility index (Phi) is 7.83. The number of aromatic nitrogens is 3. The van der Waals surface area contributed by atoms with Gasteiger partial charge in [0.25, 0.3) is 5.56 Å². The molecule has 1 atom stereocenters. The second-order valence-corrected chi connectivity index (χ2v) is 9.86. The van der Waals surface area contributed by atoms with Crippen LogP contribution in [0.2, 0.25) is 0 Å². The van der Waals surface area contributed by atoms with E-state index >= 15 is 0 Å². The largest absolute Gasteiger partial charge is 0.394 e. The summed E-state index contributed by atoms with van der Waals surface area (Å²) >= 11 is 0. The van der Waals surface area contributed by atoms with Crippen molar-refractivity contribution >= 4 is 28.4 Å². The van der Waals surface area contributed by atoms with Gasteiger partial charge in [-0.2, -0.15) is 0 Å². The van der Waals surface area contributed by atoms with Gasteiger partial charge in [-0.25, -0.2) is 9.78 Å². The fraction of sp³-hybridized carbons (Fsp3) is 0.345. The number of aromatic amines is 2. The molecule has 1 aliphatic rings. The van der Waals surface area contributed by atoms with Crippen molar-refractivity contribution < 1.29 is 9.90 Å². The van der Waals surface area contributed by atoms with Gasteiger partial charge in [-0.05, 0) is 49.6 Å². The molecule has 0 unspecified atom stereocenters. The first-order valence-electron chi connectivity index (χ1n) is 13.4. The summed E-state index contributed by atoms with van der Waals surface area (Å²) in [5.74, 6) is 0.465. The Morgan fingerprint density at radius 2 is 1.90 bits per heavy atom. The Balaban J connectivity index is 1.40. The number of aryl methyl sites for hydroxylation is 1. The number of hydrogen-bond acceptors (Lipinski definition) is 6. The predicted octanol–water partition coefficient (Wildman–Crippen LogP) is 3.09. The summed E-state index contributed by atoms with van der Waals surface area (Å²) in [7, 11) is 0. The highest BCUT2D eigenvalue weighted by Crippen LogP contribution is 2.30. The van der Waals surface area contributed by atoms with E-state index < -0.39 is 0 Å². The summed E-state index contributed by atoms with van der Waals surface area (Å²) in [5, 5.41) is 16.3. The number of H-pyrrole nitrogens is 2. The third kappa shape index (κ3) is 5.75. The molecule has 0 spiro atoms. The lowest BCUT2D eigenvalue weighted by molar-refractivity contribution is 0.195. The molecule has 204 valence electrons. The summed E-state index contributed by atoms with van der Waals surface area (Å²) < 4.78 is 0. The fourth-order valence-electron chi connectivity index (χ4n) is 5.12. The number of benzene rings is 2. The molecule has 2 aromatic heterocycles. The van der Waals surface area contributed by atoms with E-state index in [9.17, 15) is 14.7 Å². The summed E-state index contributed by atoms with van der Waals surface area (Å²) in [5.41, 5.74) is 5.51. The highest BCUT2D eigenvalue weighted by atomic mass is 16.3. The molecule has 39 heavy (non-hydrogen) atoms. The Morgan fingerprint density at radius 3 is 2.62 bits per heavy atom. The molecule has 1 aliphatic heterocycles. The number of carbonyl (C=O) groups excluding carboxylic acids is 1. The van der Waals surface area contributed by atoms with Crippen LogP contribution in [0.15, 0.2) is 59.5 Å². The molecule has 0 aliphatic carbocycles. The van der Waals surface area contributed by atoms with Gasteiger partial charge in [0.1, 0.15) is 11.4 Å². The number of hydrogen-bond donors (Lipinski definition) is 5. The molecule has 2 aromatic carbocycles. The fourth-order valence-corrected chi connectivity index (χ4v) is 5.12. The standard InChI is InChI=1S/C29H35N7O3/c1-3-30-29(39)36-13-11-35(12-14-36)22-15-19(2)26-24(17-22)33-27(34-26)25-23(9-10-31-28(25)38)32-21(18-37)16-20-7-5-4-6-8-20/h4-10,15,17,21,37H,3,11-14,16,18H2,1-2H3,(H,30,39)(H,33,34)(H2,31,32,38)/t21-/m0/s1. The van der Waals surface area contributed by atoms with Crippen LogP contribution in [0.4, 0.5) is 16.2 Å². The van der Waals surface area contributed by atoms with E-state index in [1.54, 1.807) is 12.3 Å². The molecular formula is C29H35N7O3. The van der Waals surface area contributed by atoms with Crippen molar-refractivity contribution in [2.45, 2.75) is 26.3 Å². The number of urea groups is 1. The van der Waals surface area contributed by atoms with Gasteiger partial charge in [0, 0.05) is 44.6 Å². The maximum absolute atomic E-state index is 13.0. The maximum atomic E-state index is 13.0. The van der Waals surface area contributed by atoms with E-state index in [0.717, 1.165) is 40.9 Å². The molecular weight excluding hydrogens is 494 g/mol. The topological polar surface area (TPSA) is 129 Å². The van der Waals surface area contributed by atoms with Crippen molar-refractivity contribution in [2.75, 3.05) is 49.5 Å². The minimum absolute atomic E-state index is 0.0216. The number of fused-ring (bicyclic) bond motifs is 1. The van der Waals surface area contributed by atoms with Gasteiger partial charge in [-0.1, -0.05) is 30.3 Å². The maximum Gasteiger partial charge on any atom is 0.317 e. The second kappa shape index (κ2) is 11.6. The van der Waals surface area contributed by atoms with Gasteiger partial charge in [-0.15, -0.1) is 0 Å². The number of nitrogens with zero attached hydrogens (tertiary/aromatic N) is 3. The molecule has 0 bridgehead atoms. The number of aliphatic hydroxyl groups is 1. The summed E-state index contributed by atoms with van der Waals surface area (Å²) in [6, 6.07) is 15.6. The molecule has 0 radical (unpaired) electrons. The van der Waals surface area contributed by atoms with Crippen LogP contribution >= 0.6 is 0 Å². The van der Waals surface area contributed by atoms with E-state index in [4.69, 9.17) is 4.98 Å². The predicted molar refractivity (Wildman–Crippen MR) is 154 cm³/mol. The minimum atomic E-state index is -0.274. The first-order valence-corrected chi connectivity index (χ1v) is 13.4. The van der Waals surface area contributed by atoms with Crippen LogP contribution in [0.25, 0.3) is 22.4 Å². The first kappa shape index (κ1) is 26.3. The van der Waals surface area contributed by atoms with Crippen molar-refractivity contribution in [3.05, 3.63) is 76.2 Å². The zero-order valence-electron chi connectivity index (χ0n) is 22.3. The molecule has 3 heterocycles. The summed E-state index contributed by atoms with van der Waals surface area (Å²) in [6.07, 6.45) is 2.21.